The molecule has 2 nitrogen and oxygen atoms in total. The summed E-state index contributed by atoms with van der Waals surface area (Å²) in [5.74, 6) is 1.81. The van der Waals surface area contributed by atoms with Crippen molar-refractivity contribution in [2.75, 3.05) is 0 Å². The van der Waals surface area contributed by atoms with Crippen LogP contribution in [0.25, 0.3) is 0 Å². The fourth-order valence-corrected chi connectivity index (χ4v) is 4.73. The van der Waals surface area contributed by atoms with Crippen molar-refractivity contribution in [1.29, 1.82) is 0 Å². The summed E-state index contributed by atoms with van der Waals surface area (Å²) >= 11 is 0. The number of hydrogen-bond acceptors (Lipinski definition) is 2. The van der Waals surface area contributed by atoms with Crippen molar-refractivity contribution in [3.05, 3.63) is 46.7 Å². The minimum Gasteiger partial charge on any atom is -0.512 e. The van der Waals surface area contributed by atoms with Crippen molar-refractivity contribution in [2.45, 2.75) is 71.3 Å². The van der Waals surface area contributed by atoms with Gasteiger partial charge < -0.3 is 10.2 Å². The number of aliphatic hydroxyl groups excluding tert-OH is 2. The molecule has 0 saturated heterocycles. The maximum atomic E-state index is 10.5. The summed E-state index contributed by atoms with van der Waals surface area (Å²) in [6, 6.07) is 6.61. The molecule has 4 atom stereocenters. The first kappa shape index (κ1) is 17.5. The second kappa shape index (κ2) is 7.74. The molecule has 0 saturated carbocycles. The Kier molecular flexibility index (Phi) is 5.65. The standard InChI is InChI=1S/C22H32O2/c1-3-4-5-9-18(23)10-11-19-21-12-16-8-6-7-15(2)20(16)13-17(21)14-22(19)24/h6-8,14,17-19,21,23-24H,3-5,9-13H2,1-2H3/t17-,18-,19+,21-/m0/s1. The lowest BCUT2D eigenvalue weighted by molar-refractivity contribution is 0.131. The van der Waals surface area contributed by atoms with Gasteiger partial charge in [-0.3, -0.25) is 0 Å². The van der Waals surface area contributed by atoms with Gasteiger partial charge in [0.25, 0.3) is 0 Å². The molecule has 0 unspecified atom stereocenters. The third-order valence-electron chi connectivity index (χ3n) is 6.19. The number of aryl methyl sites for hydroxylation is 1. The molecule has 0 aliphatic heterocycles. The molecule has 0 radical (unpaired) electrons. The van der Waals surface area contributed by atoms with E-state index in [0.717, 1.165) is 38.5 Å². The topological polar surface area (TPSA) is 40.5 Å². The molecule has 0 aromatic heterocycles. The highest BCUT2D eigenvalue weighted by atomic mass is 16.3. The lowest BCUT2D eigenvalue weighted by Crippen LogP contribution is -2.27. The Morgan fingerprint density at radius 1 is 1.17 bits per heavy atom. The third kappa shape index (κ3) is 3.69. The zero-order valence-electron chi connectivity index (χ0n) is 15.2. The van der Waals surface area contributed by atoms with Crippen LogP contribution in [0.2, 0.25) is 0 Å². The summed E-state index contributed by atoms with van der Waals surface area (Å²) in [6.45, 7) is 4.39. The van der Waals surface area contributed by atoms with Gasteiger partial charge in [-0.15, -0.1) is 0 Å². The fourth-order valence-electron chi connectivity index (χ4n) is 4.73. The Balaban J connectivity index is 1.61. The van der Waals surface area contributed by atoms with E-state index in [4.69, 9.17) is 0 Å². The number of allylic oxidation sites excluding steroid dienone is 2. The van der Waals surface area contributed by atoms with Crippen LogP contribution in [-0.4, -0.2) is 16.3 Å². The third-order valence-corrected chi connectivity index (χ3v) is 6.19. The predicted octanol–water partition coefficient (Wildman–Crippen LogP) is 5.12. The first-order chi connectivity index (χ1) is 11.6. The lowest BCUT2D eigenvalue weighted by Gasteiger charge is -2.32. The monoisotopic (exact) mass is 328 g/mol. The summed E-state index contributed by atoms with van der Waals surface area (Å²) in [4.78, 5) is 0. The highest BCUT2D eigenvalue weighted by Gasteiger charge is 2.40. The van der Waals surface area contributed by atoms with Crippen molar-refractivity contribution in [3.8, 4) is 0 Å². The Labute approximate surface area is 146 Å². The summed E-state index contributed by atoms with van der Waals surface area (Å²) in [7, 11) is 0. The molecule has 2 heteroatoms. The summed E-state index contributed by atoms with van der Waals surface area (Å²) < 4.78 is 0. The molecule has 24 heavy (non-hydrogen) atoms. The van der Waals surface area contributed by atoms with E-state index in [9.17, 15) is 10.2 Å². The van der Waals surface area contributed by atoms with Gasteiger partial charge in [0, 0.05) is 5.92 Å². The van der Waals surface area contributed by atoms with Gasteiger partial charge in [0.2, 0.25) is 0 Å². The quantitative estimate of drug-likeness (QED) is 0.682. The van der Waals surface area contributed by atoms with Crippen molar-refractivity contribution in [3.63, 3.8) is 0 Å². The van der Waals surface area contributed by atoms with Gasteiger partial charge in [0.05, 0.1) is 11.9 Å². The first-order valence-corrected chi connectivity index (χ1v) is 9.76. The molecule has 2 aliphatic rings. The zero-order valence-corrected chi connectivity index (χ0v) is 15.2. The Hall–Kier alpha value is -1.28. The van der Waals surface area contributed by atoms with Gasteiger partial charge in [-0.1, -0.05) is 44.4 Å². The summed E-state index contributed by atoms with van der Waals surface area (Å²) in [5, 5.41) is 20.7. The number of aliphatic hydroxyl groups is 2. The zero-order chi connectivity index (χ0) is 17.1. The second-order valence-electron chi connectivity index (χ2n) is 7.87. The molecular weight excluding hydrogens is 296 g/mol. The highest BCUT2D eigenvalue weighted by molar-refractivity contribution is 5.39. The normalized spacial score (nSPS) is 26.6. The van der Waals surface area contributed by atoms with E-state index in [1.807, 2.05) is 0 Å². The molecule has 2 aliphatic carbocycles. The van der Waals surface area contributed by atoms with Crippen LogP contribution in [0.5, 0.6) is 0 Å². The van der Waals surface area contributed by atoms with E-state index in [2.05, 4.69) is 38.1 Å². The van der Waals surface area contributed by atoms with E-state index in [1.165, 1.54) is 29.5 Å². The molecule has 0 heterocycles. The lowest BCUT2D eigenvalue weighted by atomic mass is 9.72. The Morgan fingerprint density at radius 3 is 2.79 bits per heavy atom. The predicted molar refractivity (Wildman–Crippen MR) is 99.2 cm³/mol. The molecule has 1 aromatic carbocycles. The van der Waals surface area contributed by atoms with Crippen molar-refractivity contribution >= 4 is 0 Å². The van der Waals surface area contributed by atoms with Gasteiger partial charge in [0.1, 0.15) is 0 Å². The van der Waals surface area contributed by atoms with E-state index < -0.39 is 0 Å². The van der Waals surface area contributed by atoms with Gasteiger partial charge in [-0.05, 0) is 73.6 Å². The number of benzene rings is 1. The number of fused-ring (bicyclic) bond motifs is 2. The summed E-state index contributed by atoms with van der Waals surface area (Å²) in [6.07, 6.45) is 10.2. The smallest absolute Gasteiger partial charge is 0.0919 e. The van der Waals surface area contributed by atoms with E-state index in [-0.39, 0.29) is 12.0 Å². The molecule has 0 fully saturated rings. The van der Waals surface area contributed by atoms with Crippen molar-refractivity contribution in [2.24, 2.45) is 17.8 Å². The molecule has 1 aromatic rings. The number of hydrogen-bond donors (Lipinski definition) is 2. The average molecular weight is 328 g/mol. The Bertz CT molecular complexity index is 590. The maximum absolute atomic E-state index is 10.5. The maximum Gasteiger partial charge on any atom is 0.0919 e. The van der Waals surface area contributed by atoms with Crippen LogP contribution in [0, 0.1) is 24.7 Å². The van der Waals surface area contributed by atoms with Gasteiger partial charge in [-0.2, -0.15) is 0 Å². The van der Waals surface area contributed by atoms with Crippen molar-refractivity contribution in [1.82, 2.24) is 0 Å². The van der Waals surface area contributed by atoms with Crippen LogP contribution in [0.15, 0.2) is 30.0 Å². The largest absolute Gasteiger partial charge is 0.512 e. The van der Waals surface area contributed by atoms with Crippen LogP contribution in [0.1, 0.15) is 62.1 Å². The van der Waals surface area contributed by atoms with E-state index in [0.29, 0.717) is 17.6 Å². The first-order valence-electron chi connectivity index (χ1n) is 9.76. The van der Waals surface area contributed by atoms with Gasteiger partial charge in [-0.25, -0.2) is 0 Å². The molecular formula is C22H32O2. The van der Waals surface area contributed by atoms with Crippen LogP contribution in [0.3, 0.4) is 0 Å². The molecule has 0 bridgehead atoms. The van der Waals surface area contributed by atoms with Gasteiger partial charge >= 0.3 is 0 Å². The molecule has 3 rings (SSSR count). The molecule has 0 amide bonds. The van der Waals surface area contributed by atoms with Crippen LogP contribution in [-0.2, 0) is 12.8 Å². The minimum atomic E-state index is -0.207. The molecule has 0 spiro atoms. The van der Waals surface area contributed by atoms with Crippen LogP contribution < -0.4 is 0 Å². The van der Waals surface area contributed by atoms with E-state index in [1.54, 1.807) is 0 Å². The molecule has 2 N–H and O–H groups in total. The SMILES string of the molecule is CCCCC[C@H](O)CC[C@H]1C(O)=C[C@@H]2Cc3c(C)cccc3C[C@@H]21. The number of rotatable bonds is 7. The number of unbranched alkanes of at least 4 members (excludes halogenated alkanes) is 2. The van der Waals surface area contributed by atoms with E-state index >= 15 is 0 Å². The van der Waals surface area contributed by atoms with Crippen LogP contribution >= 0.6 is 0 Å². The second-order valence-corrected chi connectivity index (χ2v) is 7.87. The summed E-state index contributed by atoms with van der Waals surface area (Å²) in [5.41, 5.74) is 4.34. The van der Waals surface area contributed by atoms with Gasteiger partial charge in [0.15, 0.2) is 0 Å². The minimum absolute atomic E-state index is 0.207. The molecule has 132 valence electrons. The highest BCUT2D eigenvalue weighted by Crippen LogP contribution is 2.45. The Morgan fingerprint density at radius 2 is 2.00 bits per heavy atom. The average Bonchev–Trinajstić information content (AvgIpc) is 2.86. The van der Waals surface area contributed by atoms with Crippen LogP contribution in [0.4, 0.5) is 0 Å². The fraction of sp³-hybridized carbons (Fsp3) is 0.636. The van der Waals surface area contributed by atoms with Crippen molar-refractivity contribution < 1.29 is 10.2 Å².